The highest BCUT2D eigenvalue weighted by Gasteiger charge is 2.43. The van der Waals surface area contributed by atoms with Crippen molar-refractivity contribution in [3.05, 3.63) is 0 Å². The molecular weight excluding hydrogens is 217 g/mol. The molecule has 1 N–H and O–H groups in total. The molecule has 0 amide bonds. The number of halogens is 3. The summed E-state index contributed by atoms with van der Waals surface area (Å²) in [5, 5.41) is 2.96. The Morgan fingerprint density at radius 1 is 1.31 bits per heavy atom. The Balaban J connectivity index is 2.22. The Bertz CT molecular complexity index is 206. The lowest BCUT2D eigenvalue weighted by molar-refractivity contribution is -0.169. The van der Waals surface area contributed by atoms with Crippen molar-refractivity contribution in [2.24, 2.45) is 5.92 Å². The third-order valence-corrected chi connectivity index (χ3v) is 3.15. The molecule has 1 aliphatic heterocycles. The van der Waals surface area contributed by atoms with E-state index in [1.54, 1.807) is 0 Å². The highest BCUT2D eigenvalue weighted by molar-refractivity contribution is 4.85. The molecule has 0 spiro atoms. The van der Waals surface area contributed by atoms with Crippen molar-refractivity contribution >= 4 is 0 Å². The molecule has 1 rings (SSSR count). The Hall–Kier alpha value is -0.290. The van der Waals surface area contributed by atoms with Crippen LogP contribution in [-0.4, -0.2) is 43.8 Å². The van der Waals surface area contributed by atoms with Crippen molar-refractivity contribution in [2.75, 3.05) is 26.7 Å². The van der Waals surface area contributed by atoms with Crippen molar-refractivity contribution < 1.29 is 13.2 Å². The van der Waals surface area contributed by atoms with Crippen LogP contribution in [0.25, 0.3) is 0 Å². The van der Waals surface area contributed by atoms with E-state index in [9.17, 15) is 13.2 Å². The van der Waals surface area contributed by atoms with Crippen LogP contribution in [0.4, 0.5) is 13.2 Å². The zero-order chi connectivity index (χ0) is 12.2. The third kappa shape index (κ3) is 4.29. The van der Waals surface area contributed by atoms with E-state index in [1.807, 2.05) is 7.05 Å². The number of hydrogen-bond acceptors (Lipinski definition) is 2. The summed E-state index contributed by atoms with van der Waals surface area (Å²) in [7, 11) is 2.01. The molecule has 2 nitrogen and oxygen atoms in total. The molecule has 96 valence electrons. The fraction of sp³-hybridized carbons (Fsp3) is 1.00. The van der Waals surface area contributed by atoms with Crippen LogP contribution in [-0.2, 0) is 0 Å². The summed E-state index contributed by atoms with van der Waals surface area (Å²) in [6, 6.07) is 0.0333. The van der Waals surface area contributed by atoms with Crippen LogP contribution in [0.15, 0.2) is 0 Å². The second kappa shape index (κ2) is 5.87. The highest BCUT2D eigenvalue weighted by atomic mass is 19.4. The van der Waals surface area contributed by atoms with Crippen molar-refractivity contribution in [1.29, 1.82) is 0 Å². The SMILES string of the molecule is CCCN(C)CCC1CC(C(F)(F)F)CN1. The number of nitrogens with one attached hydrogen (secondary N) is 1. The number of hydrogen-bond donors (Lipinski definition) is 1. The van der Waals surface area contributed by atoms with E-state index in [1.165, 1.54) is 0 Å². The minimum atomic E-state index is -4.03. The first-order chi connectivity index (χ1) is 7.43. The summed E-state index contributed by atoms with van der Waals surface area (Å²) in [6.45, 7) is 4.07. The lowest BCUT2D eigenvalue weighted by atomic mass is 10.0. The predicted molar refractivity (Wildman–Crippen MR) is 58.4 cm³/mol. The summed E-state index contributed by atoms with van der Waals surface area (Å²) in [4.78, 5) is 2.17. The summed E-state index contributed by atoms with van der Waals surface area (Å²) in [5.74, 6) is -1.14. The van der Waals surface area contributed by atoms with Crippen LogP contribution >= 0.6 is 0 Å². The van der Waals surface area contributed by atoms with Crippen LogP contribution in [0.1, 0.15) is 26.2 Å². The summed E-state index contributed by atoms with van der Waals surface area (Å²) < 4.78 is 37.2. The molecule has 1 fully saturated rings. The molecule has 1 heterocycles. The van der Waals surface area contributed by atoms with Gasteiger partial charge >= 0.3 is 6.18 Å². The van der Waals surface area contributed by atoms with E-state index in [0.717, 1.165) is 25.9 Å². The maximum absolute atomic E-state index is 12.4. The predicted octanol–water partition coefficient (Wildman–Crippen LogP) is 2.26. The van der Waals surface area contributed by atoms with E-state index in [0.29, 0.717) is 0 Å². The third-order valence-electron chi connectivity index (χ3n) is 3.15. The lowest BCUT2D eigenvalue weighted by Gasteiger charge is -2.18. The Morgan fingerprint density at radius 2 is 2.00 bits per heavy atom. The minimum absolute atomic E-state index is 0.0333. The van der Waals surface area contributed by atoms with Gasteiger partial charge in [0.05, 0.1) is 5.92 Å². The molecule has 5 heteroatoms. The van der Waals surface area contributed by atoms with Crippen molar-refractivity contribution in [1.82, 2.24) is 10.2 Å². The molecule has 0 radical (unpaired) electrons. The molecule has 1 aliphatic rings. The average Bonchev–Trinajstić information content (AvgIpc) is 2.63. The molecule has 0 aromatic heterocycles. The Labute approximate surface area is 95.2 Å². The van der Waals surface area contributed by atoms with Gasteiger partial charge < -0.3 is 10.2 Å². The summed E-state index contributed by atoms with van der Waals surface area (Å²) in [5.41, 5.74) is 0. The molecule has 0 aliphatic carbocycles. The minimum Gasteiger partial charge on any atom is -0.313 e. The van der Waals surface area contributed by atoms with Crippen LogP contribution in [0, 0.1) is 5.92 Å². The highest BCUT2D eigenvalue weighted by Crippen LogP contribution is 2.33. The van der Waals surface area contributed by atoms with Gasteiger partial charge in [0.1, 0.15) is 0 Å². The Kier molecular flexibility index (Phi) is 5.05. The van der Waals surface area contributed by atoms with Gasteiger partial charge in [-0.3, -0.25) is 0 Å². The first-order valence-electron chi connectivity index (χ1n) is 5.92. The van der Waals surface area contributed by atoms with E-state index in [2.05, 4.69) is 17.1 Å². The zero-order valence-corrected chi connectivity index (χ0v) is 9.98. The van der Waals surface area contributed by atoms with Gasteiger partial charge in [0.2, 0.25) is 0 Å². The topological polar surface area (TPSA) is 15.3 Å². The van der Waals surface area contributed by atoms with E-state index in [-0.39, 0.29) is 19.0 Å². The van der Waals surface area contributed by atoms with Crippen LogP contribution in [0.2, 0.25) is 0 Å². The van der Waals surface area contributed by atoms with Crippen molar-refractivity contribution in [3.63, 3.8) is 0 Å². The second-order valence-electron chi connectivity index (χ2n) is 4.67. The zero-order valence-electron chi connectivity index (χ0n) is 9.98. The number of rotatable bonds is 5. The quantitative estimate of drug-likeness (QED) is 0.790. The van der Waals surface area contributed by atoms with E-state index in [4.69, 9.17) is 0 Å². The second-order valence-corrected chi connectivity index (χ2v) is 4.67. The molecular formula is C11H21F3N2. The van der Waals surface area contributed by atoms with Gasteiger partial charge in [-0.1, -0.05) is 6.92 Å². The fourth-order valence-electron chi connectivity index (χ4n) is 2.16. The van der Waals surface area contributed by atoms with Gasteiger partial charge in [0.25, 0.3) is 0 Å². The normalized spacial score (nSPS) is 26.6. The van der Waals surface area contributed by atoms with Gasteiger partial charge in [-0.05, 0) is 39.4 Å². The molecule has 1 saturated heterocycles. The maximum Gasteiger partial charge on any atom is 0.393 e. The monoisotopic (exact) mass is 238 g/mol. The van der Waals surface area contributed by atoms with E-state index >= 15 is 0 Å². The number of alkyl halides is 3. The largest absolute Gasteiger partial charge is 0.393 e. The van der Waals surface area contributed by atoms with Crippen LogP contribution < -0.4 is 5.32 Å². The first kappa shape index (κ1) is 13.8. The maximum atomic E-state index is 12.4. The molecule has 0 saturated carbocycles. The number of nitrogens with zero attached hydrogens (tertiary/aromatic N) is 1. The van der Waals surface area contributed by atoms with E-state index < -0.39 is 12.1 Å². The fourth-order valence-corrected chi connectivity index (χ4v) is 2.16. The molecule has 16 heavy (non-hydrogen) atoms. The van der Waals surface area contributed by atoms with Crippen molar-refractivity contribution in [3.8, 4) is 0 Å². The Morgan fingerprint density at radius 3 is 2.50 bits per heavy atom. The summed E-state index contributed by atoms with van der Waals surface area (Å²) >= 11 is 0. The van der Waals surface area contributed by atoms with Gasteiger partial charge in [-0.2, -0.15) is 13.2 Å². The molecule has 2 unspecified atom stereocenters. The smallest absolute Gasteiger partial charge is 0.313 e. The standard InChI is InChI=1S/C11H21F3N2/c1-3-5-16(2)6-4-10-7-9(8-15-10)11(12,13)14/h9-10,15H,3-8H2,1-2H3. The van der Waals surface area contributed by atoms with Crippen LogP contribution in [0.5, 0.6) is 0 Å². The van der Waals surface area contributed by atoms with Gasteiger partial charge in [0.15, 0.2) is 0 Å². The molecule has 2 atom stereocenters. The molecule has 0 bridgehead atoms. The lowest BCUT2D eigenvalue weighted by Crippen LogP contribution is -2.28. The van der Waals surface area contributed by atoms with Gasteiger partial charge in [0, 0.05) is 12.6 Å². The average molecular weight is 238 g/mol. The van der Waals surface area contributed by atoms with Crippen LogP contribution in [0.3, 0.4) is 0 Å². The summed E-state index contributed by atoms with van der Waals surface area (Å²) in [6.07, 6.45) is -1.90. The van der Waals surface area contributed by atoms with Crippen molar-refractivity contribution in [2.45, 2.75) is 38.4 Å². The van der Waals surface area contributed by atoms with Gasteiger partial charge in [-0.25, -0.2) is 0 Å². The molecule has 0 aromatic rings. The molecule has 0 aromatic carbocycles. The van der Waals surface area contributed by atoms with Gasteiger partial charge in [-0.15, -0.1) is 0 Å². The first-order valence-corrected chi connectivity index (χ1v) is 5.92.